The van der Waals surface area contributed by atoms with Crippen LogP contribution < -0.4 is 9.64 Å². The monoisotopic (exact) mass is 423 g/mol. The fourth-order valence-electron chi connectivity index (χ4n) is 3.01. The summed E-state index contributed by atoms with van der Waals surface area (Å²) in [5, 5.41) is 1.18. The molecule has 2 aromatic heterocycles. The van der Waals surface area contributed by atoms with Crippen LogP contribution in [0.15, 0.2) is 60.8 Å². The Morgan fingerprint density at radius 1 is 1.14 bits per heavy atom. The van der Waals surface area contributed by atoms with Crippen molar-refractivity contribution in [3.63, 3.8) is 0 Å². The maximum Gasteiger partial charge on any atom is 0.260 e. The molecule has 0 atom stereocenters. The Morgan fingerprint density at radius 2 is 1.93 bits per heavy atom. The molecule has 0 unspecified atom stereocenters. The molecule has 29 heavy (non-hydrogen) atoms. The molecule has 0 N–H and O–H groups in total. The molecule has 0 aliphatic heterocycles. The number of aryl methyl sites for hydroxylation is 1. The molecule has 146 valence electrons. The number of anilines is 1. The molecule has 0 saturated heterocycles. The van der Waals surface area contributed by atoms with E-state index in [0.717, 1.165) is 21.5 Å². The number of fused-ring (bicyclic) bond motifs is 1. The lowest BCUT2D eigenvalue weighted by Crippen LogP contribution is -2.30. The van der Waals surface area contributed by atoms with Crippen LogP contribution in [-0.4, -0.2) is 23.0 Å². The van der Waals surface area contributed by atoms with E-state index < -0.39 is 0 Å². The van der Waals surface area contributed by atoms with Crippen molar-refractivity contribution in [2.45, 2.75) is 13.5 Å². The highest BCUT2D eigenvalue weighted by atomic mass is 35.5. The molecular formula is C22H18ClN3O2S. The van der Waals surface area contributed by atoms with E-state index in [1.54, 1.807) is 42.5 Å². The average molecular weight is 424 g/mol. The Bertz CT molecular complexity index is 1160. The van der Waals surface area contributed by atoms with Gasteiger partial charge < -0.3 is 4.74 Å². The van der Waals surface area contributed by atoms with Gasteiger partial charge in [-0.25, -0.2) is 4.98 Å². The summed E-state index contributed by atoms with van der Waals surface area (Å²) >= 11 is 7.45. The molecule has 7 heteroatoms. The summed E-state index contributed by atoms with van der Waals surface area (Å²) in [6, 6.07) is 16.4. The molecule has 0 radical (unpaired) electrons. The fraction of sp³-hybridized carbons (Fsp3) is 0.136. The first-order valence-electron chi connectivity index (χ1n) is 8.98. The molecule has 2 aromatic carbocycles. The van der Waals surface area contributed by atoms with Gasteiger partial charge in [0, 0.05) is 16.8 Å². The van der Waals surface area contributed by atoms with Gasteiger partial charge in [-0.05, 0) is 55.0 Å². The van der Waals surface area contributed by atoms with Crippen molar-refractivity contribution < 1.29 is 9.53 Å². The molecule has 1 amide bonds. The van der Waals surface area contributed by atoms with E-state index in [1.165, 1.54) is 11.3 Å². The normalized spacial score (nSPS) is 10.9. The highest BCUT2D eigenvalue weighted by Gasteiger charge is 2.23. The van der Waals surface area contributed by atoms with Gasteiger partial charge in [-0.15, -0.1) is 0 Å². The van der Waals surface area contributed by atoms with Gasteiger partial charge in [0.15, 0.2) is 5.13 Å². The number of aromatic nitrogens is 2. The molecule has 4 rings (SSSR count). The number of pyridine rings is 1. The zero-order chi connectivity index (χ0) is 20.4. The number of hydrogen-bond donors (Lipinski definition) is 0. The van der Waals surface area contributed by atoms with Crippen LogP contribution in [0.1, 0.15) is 21.6 Å². The summed E-state index contributed by atoms with van der Waals surface area (Å²) in [7, 11) is 1.62. The second kappa shape index (κ2) is 8.19. The van der Waals surface area contributed by atoms with Crippen LogP contribution in [0.4, 0.5) is 5.13 Å². The number of ether oxygens (including phenoxy) is 1. The maximum absolute atomic E-state index is 13.4. The molecule has 0 aliphatic carbocycles. The molecule has 0 bridgehead atoms. The van der Waals surface area contributed by atoms with E-state index in [2.05, 4.69) is 4.98 Å². The van der Waals surface area contributed by atoms with Crippen LogP contribution >= 0.6 is 22.9 Å². The van der Waals surface area contributed by atoms with Crippen molar-refractivity contribution in [2.75, 3.05) is 12.0 Å². The van der Waals surface area contributed by atoms with Gasteiger partial charge in [0.1, 0.15) is 11.3 Å². The summed E-state index contributed by atoms with van der Waals surface area (Å²) in [5.41, 5.74) is 3.15. The number of amides is 1. The third-order valence-electron chi connectivity index (χ3n) is 4.53. The third-order valence-corrected chi connectivity index (χ3v) is 5.99. The van der Waals surface area contributed by atoms with E-state index in [4.69, 9.17) is 21.3 Å². The highest BCUT2D eigenvalue weighted by Crippen LogP contribution is 2.37. The minimum atomic E-state index is -0.164. The van der Waals surface area contributed by atoms with Gasteiger partial charge in [-0.3, -0.25) is 14.7 Å². The van der Waals surface area contributed by atoms with Gasteiger partial charge in [0.2, 0.25) is 0 Å². The number of methoxy groups -OCH3 is 1. The molecule has 0 saturated carbocycles. The van der Waals surface area contributed by atoms with Crippen LogP contribution in [0.25, 0.3) is 10.2 Å². The highest BCUT2D eigenvalue weighted by molar-refractivity contribution is 7.22. The summed E-state index contributed by atoms with van der Waals surface area (Å²) in [6.07, 6.45) is 1.71. The standard InChI is InChI=1S/C22H18ClN3O2S/c1-14-6-11-18(28-2)19-20(14)29-22(25-19)26(13-17-5-3-4-12-24-17)21(27)15-7-9-16(23)10-8-15/h3-12H,13H2,1-2H3. The lowest BCUT2D eigenvalue weighted by molar-refractivity contribution is 0.0985. The first-order chi connectivity index (χ1) is 14.1. The lowest BCUT2D eigenvalue weighted by atomic mass is 10.2. The molecule has 0 spiro atoms. The number of nitrogens with zero attached hydrogens (tertiary/aromatic N) is 3. The second-order valence-electron chi connectivity index (χ2n) is 6.48. The summed E-state index contributed by atoms with van der Waals surface area (Å²) < 4.78 is 6.46. The number of carbonyl (C=O) groups excluding carboxylic acids is 1. The van der Waals surface area contributed by atoms with Crippen LogP contribution in [0.3, 0.4) is 0 Å². The average Bonchev–Trinajstić information content (AvgIpc) is 3.19. The number of thiazole rings is 1. The van der Waals surface area contributed by atoms with Gasteiger partial charge in [0.25, 0.3) is 5.91 Å². The molecule has 0 fully saturated rings. The smallest absolute Gasteiger partial charge is 0.260 e. The van der Waals surface area contributed by atoms with Gasteiger partial charge in [-0.1, -0.05) is 35.1 Å². The number of halogens is 1. The van der Waals surface area contributed by atoms with E-state index in [9.17, 15) is 4.79 Å². The lowest BCUT2D eigenvalue weighted by Gasteiger charge is -2.19. The van der Waals surface area contributed by atoms with Crippen molar-refractivity contribution in [2.24, 2.45) is 0 Å². The number of rotatable bonds is 5. The van der Waals surface area contributed by atoms with Crippen LogP contribution in [0.2, 0.25) is 5.02 Å². The molecule has 2 heterocycles. The minimum absolute atomic E-state index is 0.164. The van der Waals surface area contributed by atoms with Gasteiger partial charge in [0.05, 0.1) is 24.0 Å². The predicted octanol–water partition coefficient (Wildman–Crippen LogP) is 5.51. The van der Waals surface area contributed by atoms with E-state index in [0.29, 0.717) is 28.0 Å². The topological polar surface area (TPSA) is 55.3 Å². The van der Waals surface area contributed by atoms with Crippen molar-refractivity contribution in [3.05, 3.63) is 82.6 Å². The van der Waals surface area contributed by atoms with Crippen molar-refractivity contribution in [3.8, 4) is 5.75 Å². The Labute approximate surface area is 177 Å². The van der Waals surface area contributed by atoms with Crippen molar-refractivity contribution in [1.29, 1.82) is 0 Å². The van der Waals surface area contributed by atoms with Gasteiger partial charge in [-0.2, -0.15) is 0 Å². The fourth-order valence-corrected chi connectivity index (χ4v) is 4.18. The van der Waals surface area contributed by atoms with Crippen LogP contribution in [0, 0.1) is 6.92 Å². The van der Waals surface area contributed by atoms with Crippen molar-refractivity contribution >= 4 is 44.2 Å². The van der Waals surface area contributed by atoms with E-state index in [1.807, 2.05) is 37.3 Å². The summed E-state index contributed by atoms with van der Waals surface area (Å²) in [6.45, 7) is 2.33. The molecule has 5 nitrogen and oxygen atoms in total. The Hall–Kier alpha value is -2.96. The number of carbonyl (C=O) groups is 1. The number of hydrogen-bond acceptors (Lipinski definition) is 5. The molecular weight excluding hydrogens is 406 g/mol. The molecule has 4 aromatic rings. The van der Waals surface area contributed by atoms with E-state index >= 15 is 0 Å². The second-order valence-corrected chi connectivity index (χ2v) is 7.89. The first-order valence-corrected chi connectivity index (χ1v) is 10.2. The zero-order valence-electron chi connectivity index (χ0n) is 15.9. The van der Waals surface area contributed by atoms with Crippen molar-refractivity contribution in [1.82, 2.24) is 9.97 Å². The third kappa shape index (κ3) is 3.95. The maximum atomic E-state index is 13.4. The van der Waals surface area contributed by atoms with Crippen LogP contribution in [-0.2, 0) is 6.54 Å². The quantitative estimate of drug-likeness (QED) is 0.424. The van der Waals surface area contributed by atoms with Crippen LogP contribution in [0.5, 0.6) is 5.75 Å². The Morgan fingerprint density at radius 3 is 2.62 bits per heavy atom. The molecule has 0 aliphatic rings. The van der Waals surface area contributed by atoms with E-state index in [-0.39, 0.29) is 5.91 Å². The predicted molar refractivity (Wildman–Crippen MR) is 117 cm³/mol. The Balaban J connectivity index is 1.81. The van der Waals surface area contributed by atoms with Gasteiger partial charge >= 0.3 is 0 Å². The largest absolute Gasteiger partial charge is 0.494 e. The first kappa shape index (κ1) is 19.4. The summed E-state index contributed by atoms with van der Waals surface area (Å²) in [5.74, 6) is 0.521. The number of benzene rings is 2. The zero-order valence-corrected chi connectivity index (χ0v) is 17.5. The summed E-state index contributed by atoms with van der Waals surface area (Å²) in [4.78, 5) is 24.1. The SMILES string of the molecule is COc1ccc(C)c2sc(N(Cc3ccccn3)C(=O)c3ccc(Cl)cc3)nc12. The minimum Gasteiger partial charge on any atom is -0.494 e. The Kier molecular flexibility index (Phi) is 5.47.